The lowest BCUT2D eigenvalue weighted by atomic mass is 10.2. The highest BCUT2D eigenvalue weighted by Gasteiger charge is 2.10. The summed E-state index contributed by atoms with van der Waals surface area (Å²) in [4.78, 5) is 0.375. The van der Waals surface area contributed by atoms with E-state index in [2.05, 4.69) is 5.32 Å². The lowest BCUT2D eigenvalue weighted by Gasteiger charge is -2.07. The Morgan fingerprint density at radius 1 is 0.947 bits per heavy atom. The van der Waals surface area contributed by atoms with E-state index in [1.807, 2.05) is 30.3 Å². The van der Waals surface area contributed by atoms with Gasteiger partial charge in [0.2, 0.25) is 0 Å². The first-order valence-electron chi connectivity index (χ1n) is 6.22. The Balaban J connectivity index is 2.04. The van der Waals surface area contributed by atoms with Gasteiger partial charge in [0, 0.05) is 12.2 Å². The fourth-order valence-electron chi connectivity index (χ4n) is 1.75. The van der Waals surface area contributed by atoms with E-state index in [-0.39, 0.29) is 5.75 Å². The van der Waals surface area contributed by atoms with Crippen molar-refractivity contribution in [3.63, 3.8) is 0 Å². The molecule has 2 aromatic carbocycles. The van der Waals surface area contributed by atoms with Crippen molar-refractivity contribution in [3.05, 3.63) is 60.2 Å². The summed E-state index contributed by atoms with van der Waals surface area (Å²) >= 11 is 0. The third kappa shape index (κ3) is 3.58. The molecule has 3 nitrogen and oxygen atoms in total. The zero-order chi connectivity index (χ0) is 13.7. The first kappa shape index (κ1) is 13.6. The molecule has 0 radical (unpaired) electrons. The Bertz CT molecular complexity index is 619. The second kappa shape index (κ2) is 5.89. The van der Waals surface area contributed by atoms with E-state index in [1.165, 1.54) is 5.56 Å². The van der Waals surface area contributed by atoms with Crippen molar-refractivity contribution in [2.75, 3.05) is 11.1 Å². The summed E-state index contributed by atoms with van der Waals surface area (Å²) < 4.78 is 23.3. The fraction of sp³-hybridized carbons (Fsp3) is 0.200. The van der Waals surface area contributed by atoms with Crippen LogP contribution in [-0.4, -0.2) is 14.2 Å². The van der Waals surface area contributed by atoms with E-state index < -0.39 is 9.84 Å². The van der Waals surface area contributed by atoms with Gasteiger partial charge in [-0.2, -0.15) is 0 Å². The average Bonchev–Trinajstić information content (AvgIpc) is 2.47. The van der Waals surface area contributed by atoms with Crippen LogP contribution < -0.4 is 5.32 Å². The molecule has 0 aliphatic carbocycles. The maximum absolute atomic E-state index is 11.7. The largest absolute Gasteiger partial charge is 0.381 e. The number of hydrogen-bond donors (Lipinski definition) is 1. The summed E-state index contributed by atoms with van der Waals surface area (Å²) in [5, 5.41) is 3.26. The van der Waals surface area contributed by atoms with Gasteiger partial charge in [0.05, 0.1) is 10.6 Å². The molecule has 100 valence electrons. The lowest BCUT2D eigenvalue weighted by molar-refractivity contribution is 0.597. The maximum atomic E-state index is 11.7. The van der Waals surface area contributed by atoms with Gasteiger partial charge in [-0.3, -0.25) is 0 Å². The molecule has 0 aliphatic heterocycles. The quantitative estimate of drug-likeness (QED) is 0.912. The van der Waals surface area contributed by atoms with Crippen LogP contribution >= 0.6 is 0 Å². The molecule has 0 spiro atoms. The molecule has 0 unspecified atom stereocenters. The van der Waals surface area contributed by atoms with Crippen LogP contribution in [0.2, 0.25) is 0 Å². The van der Waals surface area contributed by atoms with Gasteiger partial charge in [-0.05, 0) is 29.8 Å². The first-order valence-corrected chi connectivity index (χ1v) is 7.87. The lowest BCUT2D eigenvalue weighted by Crippen LogP contribution is -2.04. The minimum Gasteiger partial charge on any atom is -0.381 e. The minimum absolute atomic E-state index is 0.129. The van der Waals surface area contributed by atoms with E-state index in [0.29, 0.717) is 4.90 Å². The van der Waals surface area contributed by atoms with Gasteiger partial charge in [-0.1, -0.05) is 37.3 Å². The van der Waals surface area contributed by atoms with Crippen molar-refractivity contribution in [3.8, 4) is 0 Å². The Morgan fingerprint density at radius 2 is 1.58 bits per heavy atom. The van der Waals surface area contributed by atoms with E-state index >= 15 is 0 Å². The van der Waals surface area contributed by atoms with E-state index in [0.717, 1.165) is 12.2 Å². The van der Waals surface area contributed by atoms with Gasteiger partial charge < -0.3 is 5.32 Å². The summed E-state index contributed by atoms with van der Waals surface area (Å²) in [6.45, 7) is 2.37. The summed E-state index contributed by atoms with van der Waals surface area (Å²) in [6, 6.07) is 16.9. The van der Waals surface area contributed by atoms with Crippen molar-refractivity contribution in [2.45, 2.75) is 18.4 Å². The SMILES string of the molecule is CCS(=O)(=O)c1ccc(NCc2ccccc2)cc1. The van der Waals surface area contributed by atoms with Crippen LogP contribution in [0, 0.1) is 0 Å². The number of nitrogens with one attached hydrogen (secondary N) is 1. The highest BCUT2D eigenvalue weighted by molar-refractivity contribution is 7.91. The Morgan fingerprint density at radius 3 is 2.16 bits per heavy atom. The van der Waals surface area contributed by atoms with Crippen LogP contribution in [-0.2, 0) is 16.4 Å². The third-order valence-corrected chi connectivity index (χ3v) is 4.68. The van der Waals surface area contributed by atoms with Crippen molar-refractivity contribution in [1.82, 2.24) is 0 Å². The highest BCUT2D eigenvalue weighted by Crippen LogP contribution is 2.16. The van der Waals surface area contributed by atoms with Crippen LogP contribution in [0.3, 0.4) is 0 Å². The molecular formula is C15H17NO2S. The Labute approximate surface area is 114 Å². The van der Waals surface area contributed by atoms with Crippen LogP contribution in [0.5, 0.6) is 0 Å². The van der Waals surface area contributed by atoms with Crippen LogP contribution in [0.15, 0.2) is 59.5 Å². The van der Waals surface area contributed by atoms with Gasteiger partial charge in [0.15, 0.2) is 9.84 Å². The molecule has 0 saturated heterocycles. The normalized spacial score (nSPS) is 11.2. The Kier molecular flexibility index (Phi) is 4.22. The minimum atomic E-state index is -3.11. The molecular weight excluding hydrogens is 258 g/mol. The van der Waals surface area contributed by atoms with Crippen LogP contribution in [0.4, 0.5) is 5.69 Å². The van der Waals surface area contributed by atoms with E-state index in [9.17, 15) is 8.42 Å². The number of hydrogen-bond acceptors (Lipinski definition) is 3. The predicted molar refractivity (Wildman–Crippen MR) is 77.9 cm³/mol. The van der Waals surface area contributed by atoms with Crippen molar-refractivity contribution in [1.29, 1.82) is 0 Å². The fourth-order valence-corrected chi connectivity index (χ4v) is 2.63. The molecule has 0 heterocycles. The van der Waals surface area contributed by atoms with Crippen molar-refractivity contribution < 1.29 is 8.42 Å². The molecule has 0 amide bonds. The number of rotatable bonds is 5. The molecule has 4 heteroatoms. The van der Waals surface area contributed by atoms with Gasteiger partial charge in [0.1, 0.15) is 0 Å². The number of anilines is 1. The van der Waals surface area contributed by atoms with Crippen molar-refractivity contribution >= 4 is 15.5 Å². The average molecular weight is 275 g/mol. The monoisotopic (exact) mass is 275 g/mol. The molecule has 0 aromatic heterocycles. The summed E-state index contributed by atoms with van der Waals surface area (Å²) in [5.41, 5.74) is 2.10. The second-order valence-corrected chi connectivity index (χ2v) is 6.55. The first-order chi connectivity index (χ1) is 9.12. The van der Waals surface area contributed by atoms with E-state index in [1.54, 1.807) is 31.2 Å². The molecule has 0 fully saturated rings. The van der Waals surface area contributed by atoms with E-state index in [4.69, 9.17) is 0 Å². The zero-order valence-corrected chi connectivity index (χ0v) is 11.7. The third-order valence-electron chi connectivity index (χ3n) is 2.93. The van der Waals surface area contributed by atoms with Gasteiger partial charge in [0.25, 0.3) is 0 Å². The standard InChI is InChI=1S/C15H17NO2S/c1-2-19(17,18)15-10-8-14(9-11-15)16-12-13-6-4-3-5-7-13/h3-11,16H,2,12H2,1H3. The maximum Gasteiger partial charge on any atom is 0.178 e. The summed E-state index contributed by atoms with van der Waals surface area (Å²) in [7, 11) is -3.11. The number of sulfone groups is 1. The molecule has 19 heavy (non-hydrogen) atoms. The van der Waals surface area contributed by atoms with Gasteiger partial charge >= 0.3 is 0 Å². The molecule has 2 rings (SSSR count). The topological polar surface area (TPSA) is 46.2 Å². The smallest absolute Gasteiger partial charge is 0.178 e. The van der Waals surface area contributed by atoms with Crippen LogP contribution in [0.25, 0.3) is 0 Å². The molecule has 0 atom stereocenters. The summed E-state index contributed by atoms with van der Waals surface area (Å²) in [6.07, 6.45) is 0. The van der Waals surface area contributed by atoms with Gasteiger partial charge in [-0.15, -0.1) is 0 Å². The highest BCUT2D eigenvalue weighted by atomic mass is 32.2. The van der Waals surface area contributed by atoms with Gasteiger partial charge in [-0.25, -0.2) is 8.42 Å². The van der Waals surface area contributed by atoms with Crippen molar-refractivity contribution in [2.24, 2.45) is 0 Å². The number of benzene rings is 2. The molecule has 0 aliphatic rings. The molecule has 1 N–H and O–H groups in total. The Hall–Kier alpha value is -1.81. The molecule has 0 saturated carbocycles. The zero-order valence-electron chi connectivity index (χ0n) is 10.8. The second-order valence-electron chi connectivity index (χ2n) is 4.27. The van der Waals surface area contributed by atoms with Crippen LogP contribution in [0.1, 0.15) is 12.5 Å². The molecule has 2 aromatic rings. The molecule has 0 bridgehead atoms. The predicted octanol–water partition coefficient (Wildman–Crippen LogP) is 3.09. The summed E-state index contributed by atoms with van der Waals surface area (Å²) in [5.74, 6) is 0.129.